The van der Waals surface area contributed by atoms with Gasteiger partial charge in [0.05, 0.1) is 0 Å². The number of rotatable bonds is 4. The summed E-state index contributed by atoms with van der Waals surface area (Å²) in [4.78, 5) is 0. The third-order valence-corrected chi connectivity index (χ3v) is 10.3. The van der Waals surface area contributed by atoms with Crippen molar-refractivity contribution in [3.05, 3.63) is 194 Å². The quantitative estimate of drug-likeness (QED) is 0.169. The Labute approximate surface area is 291 Å². The van der Waals surface area contributed by atoms with Crippen molar-refractivity contribution in [1.29, 1.82) is 0 Å². The highest BCUT2D eigenvalue weighted by Gasteiger charge is 2.26. The van der Waals surface area contributed by atoms with Crippen LogP contribution in [0.25, 0.3) is 98.4 Å². The lowest BCUT2D eigenvalue weighted by molar-refractivity contribution is 1.64. The molecule has 0 radical (unpaired) electrons. The van der Waals surface area contributed by atoms with Crippen LogP contribution in [0.4, 0.5) is 0 Å². The highest BCUT2D eigenvalue weighted by Crippen LogP contribution is 2.54. The van der Waals surface area contributed by atoms with Crippen LogP contribution in [0.5, 0.6) is 0 Å². The maximum atomic E-state index is 2.43. The zero-order valence-corrected chi connectivity index (χ0v) is 27.5. The first-order valence-electron chi connectivity index (χ1n) is 17.4. The molecule has 0 aliphatic carbocycles. The third-order valence-electron chi connectivity index (χ3n) is 10.3. The first kappa shape index (κ1) is 28.5. The standard InChI is InChI=1S/C50H32/c1-5-17-33(18-6-1)45-41-29-37-25-13-14-26-38(37)30-42(41)47(35-21-9-3-10-22-35)50-48(36-23-11-4-12-24-36)44-32-40-28-16-15-27-39(40)31-43(44)46(49(45)50)34-19-7-2-8-20-34/h1-32H. The van der Waals surface area contributed by atoms with Crippen LogP contribution in [0.3, 0.4) is 0 Å². The molecule has 0 fully saturated rings. The Kier molecular flexibility index (Phi) is 6.60. The average molecular weight is 633 g/mol. The van der Waals surface area contributed by atoms with Gasteiger partial charge in [-0.25, -0.2) is 0 Å². The van der Waals surface area contributed by atoms with Crippen LogP contribution in [-0.2, 0) is 0 Å². The fourth-order valence-electron chi connectivity index (χ4n) is 8.22. The summed E-state index contributed by atoms with van der Waals surface area (Å²) >= 11 is 0. The molecular formula is C50H32. The molecule has 0 bridgehead atoms. The van der Waals surface area contributed by atoms with Crippen LogP contribution in [0.2, 0.25) is 0 Å². The van der Waals surface area contributed by atoms with Gasteiger partial charge in [0.15, 0.2) is 0 Å². The van der Waals surface area contributed by atoms with Crippen molar-refractivity contribution < 1.29 is 0 Å². The lowest BCUT2D eigenvalue weighted by Gasteiger charge is -2.26. The van der Waals surface area contributed by atoms with Crippen LogP contribution in [0.1, 0.15) is 0 Å². The van der Waals surface area contributed by atoms with Gasteiger partial charge in [-0.15, -0.1) is 0 Å². The van der Waals surface area contributed by atoms with Crippen molar-refractivity contribution in [1.82, 2.24) is 0 Å². The number of benzene rings is 10. The summed E-state index contributed by atoms with van der Waals surface area (Å²) in [5.41, 5.74) is 9.95. The predicted molar refractivity (Wildman–Crippen MR) is 216 cm³/mol. The fraction of sp³-hybridized carbons (Fsp3) is 0. The van der Waals surface area contributed by atoms with Crippen LogP contribution in [0, 0.1) is 0 Å². The highest BCUT2D eigenvalue weighted by molar-refractivity contribution is 6.35. The largest absolute Gasteiger partial charge is 0.0622 e. The van der Waals surface area contributed by atoms with Crippen LogP contribution >= 0.6 is 0 Å². The molecule has 0 atom stereocenters. The summed E-state index contributed by atoms with van der Waals surface area (Å²) in [5.74, 6) is 0. The minimum absolute atomic E-state index is 1.22. The molecule has 0 aliphatic heterocycles. The molecule has 0 N–H and O–H groups in total. The van der Waals surface area contributed by atoms with Crippen molar-refractivity contribution in [2.75, 3.05) is 0 Å². The van der Waals surface area contributed by atoms with Gasteiger partial charge in [0, 0.05) is 0 Å². The zero-order chi connectivity index (χ0) is 33.0. The van der Waals surface area contributed by atoms with Gasteiger partial charge in [0.25, 0.3) is 0 Å². The lowest BCUT2D eigenvalue weighted by atomic mass is 9.77. The van der Waals surface area contributed by atoms with E-state index in [9.17, 15) is 0 Å². The zero-order valence-electron chi connectivity index (χ0n) is 27.5. The topological polar surface area (TPSA) is 0 Å². The van der Waals surface area contributed by atoms with Gasteiger partial charge in [-0.05, 0) is 123 Å². The second-order valence-electron chi connectivity index (χ2n) is 13.2. The molecule has 0 aromatic heterocycles. The van der Waals surface area contributed by atoms with Crippen molar-refractivity contribution in [2.45, 2.75) is 0 Å². The van der Waals surface area contributed by atoms with Crippen molar-refractivity contribution in [3.63, 3.8) is 0 Å². The molecule has 0 saturated heterocycles. The number of fused-ring (bicyclic) bond motifs is 5. The summed E-state index contributed by atoms with van der Waals surface area (Å²) in [6.45, 7) is 0. The summed E-state index contributed by atoms with van der Waals surface area (Å²) < 4.78 is 0. The van der Waals surface area contributed by atoms with Crippen LogP contribution in [-0.4, -0.2) is 0 Å². The molecule has 10 rings (SSSR count). The molecule has 0 nitrogen and oxygen atoms in total. The maximum Gasteiger partial charge on any atom is -0.000138 e. The van der Waals surface area contributed by atoms with Gasteiger partial charge in [-0.1, -0.05) is 170 Å². The maximum absolute atomic E-state index is 2.43. The Balaban J connectivity index is 1.61. The second-order valence-corrected chi connectivity index (χ2v) is 13.2. The average Bonchev–Trinajstić information content (AvgIpc) is 3.19. The van der Waals surface area contributed by atoms with Crippen LogP contribution in [0.15, 0.2) is 194 Å². The van der Waals surface area contributed by atoms with Crippen molar-refractivity contribution in [3.8, 4) is 44.5 Å². The third kappa shape index (κ3) is 4.46. The van der Waals surface area contributed by atoms with Gasteiger partial charge < -0.3 is 0 Å². The van der Waals surface area contributed by atoms with Gasteiger partial charge in [0.1, 0.15) is 0 Å². The first-order valence-corrected chi connectivity index (χ1v) is 17.4. The first-order chi connectivity index (χ1) is 24.8. The van der Waals surface area contributed by atoms with E-state index in [-0.39, 0.29) is 0 Å². The van der Waals surface area contributed by atoms with Gasteiger partial charge in [-0.2, -0.15) is 0 Å². The Bertz CT molecular complexity index is 2470. The molecule has 0 saturated carbocycles. The van der Waals surface area contributed by atoms with Gasteiger partial charge in [-0.3, -0.25) is 0 Å². The Morgan fingerprint density at radius 2 is 0.400 bits per heavy atom. The Hall–Kier alpha value is -6.50. The normalized spacial score (nSPS) is 11.6. The number of hydrogen-bond acceptors (Lipinski definition) is 0. The molecule has 0 heterocycles. The van der Waals surface area contributed by atoms with E-state index in [2.05, 4.69) is 194 Å². The van der Waals surface area contributed by atoms with Crippen molar-refractivity contribution in [2.24, 2.45) is 0 Å². The molecule has 0 heteroatoms. The molecule has 10 aromatic rings. The SMILES string of the molecule is c1ccc(-c2c3cc4ccccc4cc3c(-c3ccccc3)c3c(-c4ccccc4)c4cc5ccccc5cc4c(-c4ccccc4)c23)cc1. The van der Waals surface area contributed by atoms with E-state index in [4.69, 9.17) is 0 Å². The van der Waals surface area contributed by atoms with E-state index in [0.29, 0.717) is 0 Å². The Morgan fingerprint density at radius 1 is 0.200 bits per heavy atom. The van der Waals surface area contributed by atoms with Gasteiger partial charge >= 0.3 is 0 Å². The summed E-state index contributed by atoms with van der Waals surface area (Å²) in [6.07, 6.45) is 0. The Morgan fingerprint density at radius 3 is 0.620 bits per heavy atom. The molecule has 0 spiro atoms. The summed E-state index contributed by atoms with van der Waals surface area (Å²) in [5, 5.41) is 12.6. The second kappa shape index (κ2) is 11.6. The number of hydrogen-bond donors (Lipinski definition) is 0. The van der Waals surface area contributed by atoms with E-state index in [1.807, 2.05) is 0 Å². The van der Waals surface area contributed by atoms with E-state index >= 15 is 0 Å². The summed E-state index contributed by atoms with van der Waals surface area (Å²) in [6, 6.07) is 71.5. The molecule has 10 aromatic carbocycles. The van der Waals surface area contributed by atoms with E-state index < -0.39 is 0 Å². The van der Waals surface area contributed by atoms with Crippen molar-refractivity contribution >= 4 is 53.9 Å². The fourth-order valence-corrected chi connectivity index (χ4v) is 8.22. The minimum atomic E-state index is 1.22. The highest BCUT2D eigenvalue weighted by atomic mass is 14.3. The smallest absolute Gasteiger partial charge is 0.000138 e. The lowest BCUT2D eigenvalue weighted by Crippen LogP contribution is -1.98. The van der Waals surface area contributed by atoms with Crippen LogP contribution < -0.4 is 0 Å². The van der Waals surface area contributed by atoms with E-state index in [0.717, 1.165) is 0 Å². The van der Waals surface area contributed by atoms with E-state index in [1.165, 1.54) is 98.4 Å². The molecule has 0 amide bonds. The molecule has 232 valence electrons. The molecule has 50 heavy (non-hydrogen) atoms. The predicted octanol–water partition coefficient (Wildman–Crippen LogP) is 14.1. The molecule has 0 unspecified atom stereocenters. The summed E-state index contributed by atoms with van der Waals surface area (Å²) in [7, 11) is 0. The minimum Gasteiger partial charge on any atom is -0.0622 e. The van der Waals surface area contributed by atoms with Gasteiger partial charge in [0.2, 0.25) is 0 Å². The monoisotopic (exact) mass is 632 g/mol. The molecular weight excluding hydrogens is 601 g/mol. The van der Waals surface area contributed by atoms with E-state index in [1.54, 1.807) is 0 Å². The molecule has 0 aliphatic rings.